The van der Waals surface area contributed by atoms with Crippen molar-refractivity contribution in [2.75, 3.05) is 11.9 Å². The van der Waals surface area contributed by atoms with Crippen LogP contribution in [0, 0.1) is 0 Å². The molecule has 0 aliphatic heterocycles. The maximum atomic E-state index is 11.7. The summed E-state index contributed by atoms with van der Waals surface area (Å²) in [6.45, 7) is -0.0994. The van der Waals surface area contributed by atoms with E-state index in [0.29, 0.717) is 17.0 Å². The fourth-order valence-corrected chi connectivity index (χ4v) is 1.65. The monoisotopic (exact) mass is 285 g/mol. The number of hydrogen-bond donors (Lipinski definition) is 3. The Kier molecular flexibility index (Phi) is 4.76. The van der Waals surface area contributed by atoms with Crippen LogP contribution in [0.25, 0.3) is 0 Å². The second-order valence-electron chi connectivity index (χ2n) is 4.21. The number of benzene rings is 2. The maximum absolute atomic E-state index is 11.7. The van der Waals surface area contributed by atoms with E-state index in [1.54, 1.807) is 36.4 Å². The lowest BCUT2D eigenvalue weighted by atomic mass is 10.2. The molecule has 0 aliphatic rings. The van der Waals surface area contributed by atoms with Gasteiger partial charge in [-0.05, 0) is 36.4 Å². The molecule has 6 nitrogen and oxygen atoms in total. The molecule has 2 aromatic carbocycles. The summed E-state index contributed by atoms with van der Waals surface area (Å²) in [5, 5.41) is 14.2. The normalized spacial score (nSPS) is 11.0. The highest BCUT2D eigenvalue weighted by molar-refractivity contribution is 5.97. The molecule has 2 aromatic rings. The Labute approximate surface area is 121 Å². The third kappa shape index (κ3) is 4.24. The van der Waals surface area contributed by atoms with E-state index >= 15 is 0 Å². The zero-order chi connectivity index (χ0) is 15.1. The molecule has 2 rings (SSSR count). The quantitative estimate of drug-likeness (QED) is 0.338. The summed E-state index contributed by atoms with van der Waals surface area (Å²) < 4.78 is 5.35. The van der Waals surface area contributed by atoms with E-state index in [0.717, 1.165) is 0 Å². The van der Waals surface area contributed by atoms with Gasteiger partial charge in [0.15, 0.2) is 12.4 Å². The van der Waals surface area contributed by atoms with Crippen molar-refractivity contribution in [3.05, 3.63) is 60.2 Å². The van der Waals surface area contributed by atoms with Crippen LogP contribution in [0.4, 0.5) is 5.69 Å². The number of amides is 1. The number of carbonyl (C=O) groups excluding carboxylic acids is 1. The van der Waals surface area contributed by atoms with Crippen molar-refractivity contribution in [2.45, 2.75) is 0 Å². The van der Waals surface area contributed by atoms with Gasteiger partial charge in [-0.15, -0.1) is 0 Å². The smallest absolute Gasteiger partial charge is 0.262 e. The third-order valence-electron chi connectivity index (χ3n) is 2.69. The molecule has 0 atom stereocenters. The van der Waals surface area contributed by atoms with Crippen LogP contribution in [-0.4, -0.2) is 23.6 Å². The summed E-state index contributed by atoms with van der Waals surface area (Å²) in [5.74, 6) is 0.290. The van der Waals surface area contributed by atoms with E-state index in [-0.39, 0.29) is 18.3 Å². The van der Waals surface area contributed by atoms with Crippen LogP contribution in [0.3, 0.4) is 0 Å². The number of hydrogen-bond acceptors (Lipinski definition) is 4. The average molecular weight is 285 g/mol. The first-order valence-corrected chi connectivity index (χ1v) is 6.24. The molecule has 108 valence electrons. The fourth-order valence-electron chi connectivity index (χ4n) is 1.65. The minimum atomic E-state index is -0.248. The van der Waals surface area contributed by atoms with Crippen LogP contribution < -0.4 is 15.8 Å². The summed E-state index contributed by atoms with van der Waals surface area (Å²) in [6.07, 6.45) is 0. The van der Waals surface area contributed by atoms with Crippen LogP contribution in [0.1, 0.15) is 5.56 Å². The SMILES string of the molecule is N/C(=N\O)c1ccc(OCC(=O)Nc2ccccc2)cc1. The summed E-state index contributed by atoms with van der Waals surface area (Å²) in [4.78, 5) is 11.7. The number of carbonyl (C=O) groups is 1. The summed E-state index contributed by atoms with van der Waals surface area (Å²) in [5.41, 5.74) is 6.73. The highest BCUT2D eigenvalue weighted by Gasteiger charge is 2.04. The largest absolute Gasteiger partial charge is 0.484 e. The van der Waals surface area contributed by atoms with Gasteiger partial charge in [-0.3, -0.25) is 4.79 Å². The number of nitrogens with zero attached hydrogens (tertiary/aromatic N) is 1. The van der Waals surface area contributed by atoms with Crippen LogP contribution >= 0.6 is 0 Å². The van der Waals surface area contributed by atoms with Crippen molar-refractivity contribution < 1.29 is 14.7 Å². The molecule has 6 heteroatoms. The van der Waals surface area contributed by atoms with Gasteiger partial charge < -0.3 is 21.0 Å². The molecule has 0 bridgehead atoms. The predicted octanol–water partition coefficient (Wildman–Crippen LogP) is 1.80. The molecule has 0 saturated heterocycles. The molecule has 0 fully saturated rings. The zero-order valence-corrected chi connectivity index (χ0v) is 11.2. The zero-order valence-electron chi connectivity index (χ0n) is 11.2. The van der Waals surface area contributed by atoms with E-state index in [1.165, 1.54) is 0 Å². The van der Waals surface area contributed by atoms with E-state index in [1.807, 2.05) is 18.2 Å². The molecule has 0 unspecified atom stereocenters. The molecule has 0 saturated carbocycles. The van der Waals surface area contributed by atoms with Crippen LogP contribution in [-0.2, 0) is 4.79 Å². The first kappa shape index (κ1) is 14.4. The van der Waals surface area contributed by atoms with Crippen LogP contribution in [0.5, 0.6) is 5.75 Å². The molecule has 0 aliphatic carbocycles. The van der Waals surface area contributed by atoms with Gasteiger partial charge in [0.1, 0.15) is 5.75 Å². The van der Waals surface area contributed by atoms with Crippen molar-refractivity contribution in [3.63, 3.8) is 0 Å². The van der Waals surface area contributed by atoms with Gasteiger partial charge in [0.25, 0.3) is 5.91 Å². The lowest BCUT2D eigenvalue weighted by Gasteiger charge is -2.08. The Morgan fingerprint density at radius 3 is 2.43 bits per heavy atom. The summed E-state index contributed by atoms with van der Waals surface area (Å²) in [6, 6.07) is 15.7. The Balaban J connectivity index is 1.87. The van der Waals surface area contributed by atoms with Gasteiger partial charge in [-0.25, -0.2) is 0 Å². The second kappa shape index (κ2) is 6.95. The molecule has 0 spiro atoms. The number of amidine groups is 1. The van der Waals surface area contributed by atoms with E-state index < -0.39 is 0 Å². The number of para-hydroxylation sites is 1. The predicted molar refractivity (Wildman–Crippen MR) is 79.5 cm³/mol. The summed E-state index contributed by atoms with van der Waals surface area (Å²) >= 11 is 0. The first-order chi connectivity index (χ1) is 10.2. The van der Waals surface area contributed by atoms with Gasteiger partial charge in [0.2, 0.25) is 0 Å². The van der Waals surface area contributed by atoms with E-state index in [9.17, 15) is 4.79 Å². The lowest BCUT2D eigenvalue weighted by molar-refractivity contribution is -0.118. The van der Waals surface area contributed by atoms with Crippen molar-refractivity contribution in [3.8, 4) is 5.75 Å². The minimum Gasteiger partial charge on any atom is -0.484 e. The topological polar surface area (TPSA) is 96.9 Å². The minimum absolute atomic E-state index is 0.0170. The highest BCUT2D eigenvalue weighted by atomic mass is 16.5. The maximum Gasteiger partial charge on any atom is 0.262 e. The second-order valence-corrected chi connectivity index (χ2v) is 4.21. The van der Waals surface area contributed by atoms with Gasteiger partial charge in [-0.2, -0.15) is 0 Å². The number of oxime groups is 1. The standard InChI is InChI=1S/C15H15N3O3/c16-15(18-20)11-6-8-13(9-7-11)21-10-14(19)17-12-4-2-1-3-5-12/h1-9,20H,10H2,(H2,16,18)(H,17,19). The number of ether oxygens (including phenoxy) is 1. The Hall–Kier alpha value is -3.02. The first-order valence-electron chi connectivity index (χ1n) is 6.24. The molecule has 0 aromatic heterocycles. The molecular formula is C15H15N3O3. The Morgan fingerprint density at radius 1 is 1.14 bits per heavy atom. The van der Waals surface area contributed by atoms with Gasteiger partial charge in [0, 0.05) is 11.3 Å². The third-order valence-corrected chi connectivity index (χ3v) is 2.69. The number of rotatable bonds is 5. The highest BCUT2D eigenvalue weighted by Crippen LogP contribution is 2.12. The molecule has 1 amide bonds. The van der Waals surface area contributed by atoms with E-state index in [4.69, 9.17) is 15.7 Å². The van der Waals surface area contributed by atoms with Gasteiger partial charge in [0.05, 0.1) is 0 Å². The van der Waals surface area contributed by atoms with Gasteiger partial charge >= 0.3 is 0 Å². The lowest BCUT2D eigenvalue weighted by Crippen LogP contribution is -2.20. The Morgan fingerprint density at radius 2 is 1.81 bits per heavy atom. The van der Waals surface area contributed by atoms with Crippen molar-refractivity contribution in [1.29, 1.82) is 0 Å². The van der Waals surface area contributed by atoms with Crippen LogP contribution in [0.15, 0.2) is 59.8 Å². The number of anilines is 1. The van der Waals surface area contributed by atoms with Gasteiger partial charge in [-0.1, -0.05) is 23.4 Å². The Bertz CT molecular complexity index is 624. The van der Waals surface area contributed by atoms with E-state index in [2.05, 4.69) is 10.5 Å². The van der Waals surface area contributed by atoms with Crippen molar-refractivity contribution in [1.82, 2.24) is 0 Å². The average Bonchev–Trinajstić information content (AvgIpc) is 2.53. The number of nitrogens with one attached hydrogen (secondary N) is 1. The molecular weight excluding hydrogens is 270 g/mol. The van der Waals surface area contributed by atoms with Crippen LogP contribution in [0.2, 0.25) is 0 Å². The van der Waals surface area contributed by atoms with Crippen molar-refractivity contribution in [2.24, 2.45) is 10.9 Å². The summed E-state index contributed by atoms with van der Waals surface area (Å²) in [7, 11) is 0. The molecule has 0 radical (unpaired) electrons. The number of nitrogens with two attached hydrogens (primary N) is 1. The molecule has 21 heavy (non-hydrogen) atoms. The van der Waals surface area contributed by atoms with Crippen molar-refractivity contribution >= 4 is 17.4 Å². The molecule has 0 heterocycles. The fraction of sp³-hybridized carbons (Fsp3) is 0.0667. The molecule has 4 N–H and O–H groups in total.